The number of esters is 1. The van der Waals surface area contributed by atoms with Gasteiger partial charge in [0.2, 0.25) is 10.0 Å². The highest BCUT2D eigenvalue weighted by atomic mass is 35.5. The number of sulfonamides is 1. The van der Waals surface area contributed by atoms with Crippen molar-refractivity contribution < 1.29 is 26.7 Å². The van der Waals surface area contributed by atoms with Gasteiger partial charge in [0.05, 0.1) is 17.7 Å². The van der Waals surface area contributed by atoms with Crippen molar-refractivity contribution in [3.63, 3.8) is 0 Å². The van der Waals surface area contributed by atoms with Crippen LogP contribution in [0.4, 0.5) is 8.78 Å². The summed E-state index contributed by atoms with van der Waals surface area (Å²) in [5, 5.41) is 3.85. The number of methoxy groups -OCH3 is 1. The molecule has 0 bridgehead atoms. The molecule has 0 spiro atoms. The van der Waals surface area contributed by atoms with Crippen LogP contribution in [0.25, 0.3) is 0 Å². The van der Waals surface area contributed by atoms with Gasteiger partial charge in [0, 0.05) is 0 Å². The first-order chi connectivity index (χ1) is 7.70. The average Bonchev–Trinajstić information content (AvgIpc) is 2.20. The summed E-state index contributed by atoms with van der Waals surface area (Å²) in [5.74, 6) is -4.43. The van der Waals surface area contributed by atoms with Crippen LogP contribution in [0.3, 0.4) is 0 Å². The Bertz CT molecular complexity index is 588. The minimum absolute atomic E-state index is 0.429. The molecule has 0 atom stereocenters. The van der Waals surface area contributed by atoms with E-state index in [4.69, 9.17) is 11.6 Å². The van der Waals surface area contributed by atoms with Crippen LogP contribution in [0.5, 0.6) is 0 Å². The number of rotatable bonds is 2. The van der Waals surface area contributed by atoms with Gasteiger partial charge < -0.3 is 4.74 Å². The van der Waals surface area contributed by atoms with Crippen molar-refractivity contribution >= 4 is 27.6 Å². The van der Waals surface area contributed by atoms with Crippen LogP contribution >= 0.6 is 11.6 Å². The molecule has 0 aromatic heterocycles. The minimum Gasteiger partial charge on any atom is -0.465 e. The topological polar surface area (TPSA) is 86.5 Å². The number of halogens is 3. The molecule has 0 saturated heterocycles. The maximum atomic E-state index is 13.2. The molecule has 0 radical (unpaired) electrons. The number of nitrogens with two attached hydrogens (primary N) is 1. The lowest BCUT2D eigenvalue weighted by Crippen LogP contribution is -2.18. The number of hydrogen-bond acceptors (Lipinski definition) is 4. The highest BCUT2D eigenvalue weighted by molar-refractivity contribution is 7.89. The van der Waals surface area contributed by atoms with Crippen LogP contribution in [-0.2, 0) is 14.8 Å². The Balaban J connectivity index is 3.73. The molecular weight excluding hydrogens is 280 g/mol. The number of carbonyl (C=O) groups is 1. The molecule has 0 aliphatic rings. The van der Waals surface area contributed by atoms with E-state index in [0.717, 1.165) is 7.11 Å². The summed E-state index contributed by atoms with van der Waals surface area (Å²) in [4.78, 5) is 9.87. The number of ether oxygens (including phenoxy) is 1. The minimum atomic E-state index is -4.61. The molecule has 0 aliphatic heterocycles. The van der Waals surface area contributed by atoms with Gasteiger partial charge in [0.25, 0.3) is 0 Å². The van der Waals surface area contributed by atoms with Gasteiger partial charge in [-0.2, -0.15) is 0 Å². The van der Waals surface area contributed by atoms with Crippen molar-refractivity contribution in [2.24, 2.45) is 5.14 Å². The molecule has 5 nitrogen and oxygen atoms in total. The van der Waals surface area contributed by atoms with Gasteiger partial charge in [0.1, 0.15) is 4.90 Å². The first kappa shape index (κ1) is 13.8. The van der Waals surface area contributed by atoms with E-state index in [1.165, 1.54) is 0 Å². The second kappa shape index (κ2) is 4.55. The number of benzene rings is 1. The first-order valence-corrected chi connectivity index (χ1v) is 5.91. The Kier molecular flexibility index (Phi) is 3.70. The molecule has 0 saturated carbocycles. The molecule has 0 fully saturated rings. The Labute approximate surface area is 100 Å². The number of primary sulfonamides is 1. The van der Waals surface area contributed by atoms with Gasteiger partial charge in [0.15, 0.2) is 11.6 Å². The van der Waals surface area contributed by atoms with Crippen molar-refractivity contribution in [2.45, 2.75) is 4.90 Å². The van der Waals surface area contributed by atoms with Crippen LogP contribution in [0.1, 0.15) is 10.4 Å². The highest BCUT2D eigenvalue weighted by Crippen LogP contribution is 2.29. The standard InChI is InChI=1S/C8H6ClF2NO4S/c1-16-8(13)3-2-4(10)6(11)7(5(3)9)17(12,14)15/h2H,1H3,(H2,12,14,15). The van der Waals surface area contributed by atoms with E-state index in [2.05, 4.69) is 9.88 Å². The van der Waals surface area contributed by atoms with Crippen molar-refractivity contribution in [2.75, 3.05) is 7.11 Å². The Hall–Kier alpha value is -1.25. The predicted molar refractivity (Wildman–Crippen MR) is 54.1 cm³/mol. The number of carbonyl (C=O) groups excluding carboxylic acids is 1. The molecule has 9 heteroatoms. The van der Waals surface area contributed by atoms with Gasteiger partial charge >= 0.3 is 5.97 Å². The average molecular weight is 286 g/mol. The zero-order chi connectivity index (χ0) is 13.4. The van der Waals surface area contributed by atoms with Crippen LogP contribution in [0, 0.1) is 11.6 Å². The van der Waals surface area contributed by atoms with E-state index >= 15 is 0 Å². The van der Waals surface area contributed by atoms with Gasteiger partial charge in [-0.1, -0.05) is 11.6 Å². The third-order valence-electron chi connectivity index (χ3n) is 1.81. The van der Waals surface area contributed by atoms with E-state index in [0.29, 0.717) is 6.07 Å². The predicted octanol–water partition coefficient (Wildman–Crippen LogP) is 1.05. The molecule has 94 valence electrons. The van der Waals surface area contributed by atoms with Gasteiger partial charge in [-0.25, -0.2) is 27.1 Å². The summed E-state index contributed by atoms with van der Waals surface area (Å²) in [6.07, 6.45) is 0. The summed E-state index contributed by atoms with van der Waals surface area (Å²) in [6, 6.07) is 0.429. The maximum absolute atomic E-state index is 13.2. The molecule has 1 rings (SSSR count). The fraction of sp³-hybridized carbons (Fsp3) is 0.125. The van der Waals surface area contributed by atoms with E-state index in [9.17, 15) is 22.0 Å². The lowest BCUT2D eigenvalue weighted by molar-refractivity contribution is 0.0600. The van der Waals surface area contributed by atoms with Gasteiger partial charge in [-0.3, -0.25) is 0 Å². The monoisotopic (exact) mass is 285 g/mol. The SMILES string of the molecule is COC(=O)c1cc(F)c(F)c(S(N)(=O)=O)c1Cl. The van der Waals surface area contributed by atoms with Crippen molar-refractivity contribution in [1.82, 2.24) is 0 Å². The third kappa shape index (κ3) is 2.54. The van der Waals surface area contributed by atoms with E-state index in [1.54, 1.807) is 0 Å². The van der Waals surface area contributed by atoms with Crippen molar-refractivity contribution in [3.05, 3.63) is 28.3 Å². The molecule has 0 aliphatic carbocycles. The fourth-order valence-electron chi connectivity index (χ4n) is 1.09. The zero-order valence-electron chi connectivity index (χ0n) is 8.33. The largest absolute Gasteiger partial charge is 0.465 e. The number of hydrogen-bond donors (Lipinski definition) is 1. The smallest absolute Gasteiger partial charge is 0.339 e. The van der Waals surface area contributed by atoms with Crippen molar-refractivity contribution in [1.29, 1.82) is 0 Å². The summed E-state index contributed by atoms with van der Waals surface area (Å²) in [7, 11) is -3.64. The van der Waals surface area contributed by atoms with Gasteiger partial charge in [-0.15, -0.1) is 0 Å². The fourth-order valence-corrected chi connectivity index (χ4v) is 2.33. The van der Waals surface area contributed by atoms with Crippen molar-refractivity contribution in [3.8, 4) is 0 Å². The second-order valence-corrected chi connectivity index (χ2v) is 4.78. The molecule has 1 aromatic carbocycles. The maximum Gasteiger partial charge on any atom is 0.339 e. The van der Waals surface area contributed by atoms with Crippen LogP contribution in [0.15, 0.2) is 11.0 Å². The Morgan fingerprint density at radius 2 is 2.00 bits per heavy atom. The lowest BCUT2D eigenvalue weighted by atomic mass is 10.2. The van der Waals surface area contributed by atoms with E-state index in [1.807, 2.05) is 0 Å². The highest BCUT2D eigenvalue weighted by Gasteiger charge is 2.28. The summed E-state index contributed by atoms with van der Waals surface area (Å²) in [5.41, 5.74) is -0.628. The molecule has 1 aromatic rings. The molecular formula is C8H6ClF2NO4S. The summed E-state index contributed by atoms with van der Waals surface area (Å²) < 4.78 is 52.6. The Morgan fingerprint density at radius 3 is 2.41 bits per heavy atom. The van der Waals surface area contributed by atoms with E-state index in [-0.39, 0.29) is 0 Å². The van der Waals surface area contributed by atoms with Crippen LogP contribution in [0.2, 0.25) is 5.02 Å². The lowest BCUT2D eigenvalue weighted by Gasteiger charge is -2.08. The molecule has 0 amide bonds. The summed E-state index contributed by atoms with van der Waals surface area (Å²) >= 11 is 5.48. The summed E-state index contributed by atoms with van der Waals surface area (Å²) in [6.45, 7) is 0. The molecule has 0 unspecified atom stereocenters. The molecule has 0 heterocycles. The second-order valence-electron chi connectivity index (χ2n) is 2.90. The van der Waals surface area contributed by atoms with E-state index < -0.39 is 43.1 Å². The Morgan fingerprint density at radius 1 is 1.47 bits per heavy atom. The quantitative estimate of drug-likeness (QED) is 0.650. The molecule has 2 N–H and O–H groups in total. The van der Waals surface area contributed by atoms with Crippen LogP contribution < -0.4 is 5.14 Å². The normalized spacial score (nSPS) is 11.4. The van der Waals surface area contributed by atoms with Gasteiger partial charge in [-0.05, 0) is 6.07 Å². The third-order valence-corrected chi connectivity index (χ3v) is 3.26. The van der Waals surface area contributed by atoms with Crippen LogP contribution in [-0.4, -0.2) is 21.5 Å². The first-order valence-electron chi connectivity index (χ1n) is 3.98. The molecule has 17 heavy (non-hydrogen) atoms. The zero-order valence-corrected chi connectivity index (χ0v) is 9.90.